The van der Waals surface area contributed by atoms with Crippen LogP contribution in [0, 0.1) is 5.82 Å². The van der Waals surface area contributed by atoms with E-state index in [0.29, 0.717) is 11.3 Å². The normalized spacial score (nSPS) is 17.8. The number of benzene rings is 2. The summed E-state index contributed by atoms with van der Waals surface area (Å²) >= 11 is 0. The van der Waals surface area contributed by atoms with E-state index in [4.69, 9.17) is 0 Å². The van der Waals surface area contributed by atoms with Crippen LogP contribution in [0.4, 0.5) is 23.2 Å². The number of fused-ring (bicyclic) bond motifs is 1. The first kappa shape index (κ1) is 20.0. The molecule has 0 saturated carbocycles. The minimum atomic E-state index is -4.39. The Kier molecular flexibility index (Phi) is 4.77. The molecule has 2 aliphatic rings. The van der Waals surface area contributed by atoms with Crippen molar-refractivity contribution in [2.24, 2.45) is 0 Å². The zero-order valence-corrected chi connectivity index (χ0v) is 16.5. The minimum absolute atomic E-state index is 0.345. The molecule has 8 heteroatoms. The summed E-state index contributed by atoms with van der Waals surface area (Å²) < 4.78 is 52.5. The average Bonchev–Trinajstić information content (AvgIpc) is 3.19. The van der Waals surface area contributed by atoms with E-state index >= 15 is 0 Å². The Morgan fingerprint density at radius 3 is 2.28 bits per heavy atom. The average molecular weight is 436 g/mol. The Balaban J connectivity index is 1.58. The number of allylic oxidation sites excluding steroid dienone is 3. The topological polar surface area (TPSA) is 32.3 Å². The van der Waals surface area contributed by atoms with E-state index < -0.39 is 11.7 Å². The molecule has 2 aliphatic heterocycles. The monoisotopic (exact) mass is 436 g/mol. The molecule has 3 heterocycles. The lowest BCUT2D eigenvalue weighted by atomic mass is 9.99. The third-order valence-electron chi connectivity index (χ3n) is 5.37. The summed E-state index contributed by atoms with van der Waals surface area (Å²) in [5.74, 6) is -0.345. The Bertz CT molecular complexity index is 1210. The van der Waals surface area contributed by atoms with Gasteiger partial charge in [0, 0.05) is 29.9 Å². The number of rotatable bonds is 3. The van der Waals surface area contributed by atoms with Gasteiger partial charge in [0.15, 0.2) is 6.17 Å². The molecule has 0 spiro atoms. The number of nitrogens with zero attached hydrogens (tertiary/aromatic N) is 4. The van der Waals surface area contributed by atoms with Crippen LogP contribution in [0.5, 0.6) is 0 Å². The molecule has 0 saturated heterocycles. The maximum absolute atomic E-state index is 13.5. The largest absolute Gasteiger partial charge is 0.416 e. The summed E-state index contributed by atoms with van der Waals surface area (Å²) in [7, 11) is 0. The molecule has 0 aliphatic carbocycles. The highest BCUT2D eigenvalue weighted by atomic mass is 19.4. The van der Waals surface area contributed by atoms with Gasteiger partial charge < -0.3 is 9.80 Å². The second-order valence-corrected chi connectivity index (χ2v) is 7.31. The van der Waals surface area contributed by atoms with Crippen LogP contribution in [-0.4, -0.2) is 14.9 Å². The zero-order valence-electron chi connectivity index (χ0n) is 16.5. The van der Waals surface area contributed by atoms with Crippen LogP contribution in [0.15, 0.2) is 97.4 Å². The van der Waals surface area contributed by atoms with Crippen molar-refractivity contribution in [1.82, 2.24) is 14.9 Å². The number of anilines is 1. The van der Waals surface area contributed by atoms with Gasteiger partial charge in [-0.05, 0) is 54.1 Å². The maximum atomic E-state index is 13.5. The predicted molar refractivity (Wildman–Crippen MR) is 112 cm³/mol. The second-order valence-electron chi connectivity index (χ2n) is 7.31. The molecular formula is C24H16F4N4. The number of hydrogen-bond donors (Lipinski definition) is 0. The van der Waals surface area contributed by atoms with Crippen molar-refractivity contribution in [2.75, 3.05) is 4.90 Å². The molecule has 0 amide bonds. The number of halogens is 4. The molecule has 2 aromatic carbocycles. The summed E-state index contributed by atoms with van der Waals surface area (Å²) in [4.78, 5) is 12.3. The number of alkyl halides is 3. The molecule has 0 bridgehead atoms. The van der Waals surface area contributed by atoms with E-state index in [-0.39, 0.29) is 12.0 Å². The third-order valence-corrected chi connectivity index (χ3v) is 5.37. The van der Waals surface area contributed by atoms with E-state index in [1.807, 2.05) is 34.4 Å². The summed E-state index contributed by atoms with van der Waals surface area (Å²) in [5.41, 5.74) is 2.98. The molecule has 0 N–H and O–H groups in total. The van der Waals surface area contributed by atoms with Gasteiger partial charge in [-0.25, -0.2) is 14.4 Å². The van der Waals surface area contributed by atoms with Gasteiger partial charge >= 0.3 is 6.18 Å². The molecule has 0 radical (unpaired) electrons. The quantitative estimate of drug-likeness (QED) is 0.478. The molecular weight excluding hydrogens is 420 g/mol. The molecule has 1 atom stereocenters. The Morgan fingerprint density at radius 1 is 0.875 bits per heavy atom. The molecule has 1 unspecified atom stereocenters. The van der Waals surface area contributed by atoms with E-state index in [1.165, 1.54) is 30.6 Å². The zero-order chi connectivity index (χ0) is 22.3. The van der Waals surface area contributed by atoms with Crippen molar-refractivity contribution in [1.29, 1.82) is 0 Å². The van der Waals surface area contributed by atoms with Gasteiger partial charge in [0.25, 0.3) is 0 Å². The van der Waals surface area contributed by atoms with Crippen molar-refractivity contribution in [3.63, 3.8) is 0 Å². The molecule has 0 fully saturated rings. The van der Waals surface area contributed by atoms with Gasteiger partial charge in [-0.1, -0.05) is 18.2 Å². The fourth-order valence-electron chi connectivity index (χ4n) is 3.87. The number of hydrogen-bond acceptors (Lipinski definition) is 4. The number of aromatic nitrogens is 2. The lowest BCUT2D eigenvalue weighted by Gasteiger charge is -2.33. The van der Waals surface area contributed by atoms with Crippen LogP contribution < -0.4 is 4.90 Å². The Hall–Kier alpha value is -3.94. The summed E-state index contributed by atoms with van der Waals surface area (Å²) in [6.07, 6.45) is 5.81. The molecule has 4 nitrogen and oxygen atoms in total. The minimum Gasteiger partial charge on any atom is -0.319 e. The van der Waals surface area contributed by atoms with Crippen LogP contribution in [0.25, 0.3) is 5.57 Å². The van der Waals surface area contributed by atoms with Crippen LogP contribution >= 0.6 is 0 Å². The highest BCUT2D eigenvalue weighted by molar-refractivity contribution is 5.83. The Morgan fingerprint density at radius 2 is 1.62 bits per heavy atom. The van der Waals surface area contributed by atoms with Gasteiger partial charge in [-0.15, -0.1) is 0 Å². The first-order chi connectivity index (χ1) is 15.4. The highest BCUT2D eigenvalue weighted by Gasteiger charge is 2.37. The van der Waals surface area contributed by atoms with E-state index in [2.05, 4.69) is 9.97 Å². The van der Waals surface area contributed by atoms with Crippen LogP contribution in [0.1, 0.15) is 23.0 Å². The van der Waals surface area contributed by atoms with Crippen molar-refractivity contribution in [3.05, 3.63) is 120 Å². The SMILES string of the molecule is Fc1ccc(N2C=C3C(c4ccc(C(F)(F)F)cc4)=CC=CN3C2c2ccncn2)cc1. The Labute approximate surface area is 181 Å². The van der Waals surface area contributed by atoms with E-state index in [1.54, 1.807) is 24.4 Å². The summed E-state index contributed by atoms with van der Waals surface area (Å²) in [5, 5.41) is 0. The molecule has 160 valence electrons. The molecule has 32 heavy (non-hydrogen) atoms. The molecule has 1 aromatic heterocycles. The lowest BCUT2D eigenvalue weighted by molar-refractivity contribution is -0.137. The lowest BCUT2D eigenvalue weighted by Crippen LogP contribution is -2.30. The first-order valence-corrected chi connectivity index (χ1v) is 9.78. The smallest absolute Gasteiger partial charge is 0.319 e. The molecule has 5 rings (SSSR count). The van der Waals surface area contributed by atoms with Crippen LogP contribution in [-0.2, 0) is 6.18 Å². The van der Waals surface area contributed by atoms with Gasteiger partial charge in [0.05, 0.1) is 17.0 Å². The maximum Gasteiger partial charge on any atom is 0.416 e. The fraction of sp³-hybridized carbons (Fsp3) is 0.0833. The van der Waals surface area contributed by atoms with E-state index in [9.17, 15) is 17.6 Å². The van der Waals surface area contributed by atoms with Crippen LogP contribution in [0.3, 0.4) is 0 Å². The van der Waals surface area contributed by atoms with Gasteiger partial charge in [-0.3, -0.25) is 0 Å². The summed E-state index contributed by atoms with van der Waals surface area (Å²) in [6, 6.07) is 13.0. The fourth-order valence-corrected chi connectivity index (χ4v) is 3.87. The van der Waals surface area contributed by atoms with Crippen molar-refractivity contribution >= 4 is 11.3 Å². The van der Waals surface area contributed by atoms with Crippen LogP contribution in [0.2, 0.25) is 0 Å². The second kappa shape index (κ2) is 7.64. The first-order valence-electron chi connectivity index (χ1n) is 9.78. The predicted octanol–water partition coefficient (Wildman–Crippen LogP) is 5.91. The van der Waals surface area contributed by atoms with Gasteiger partial charge in [-0.2, -0.15) is 13.2 Å². The van der Waals surface area contributed by atoms with Gasteiger partial charge in [0.2, 0.25) is 0 Å². The van der Waals surface area contributed by atoms with Crippen molar-refractivity contribution in [2.45, 2.75) is 12.3 Å². The highest BCUT2D eigenvalue weighted by Crippen LogP contribution is 2.44. The third kappa shape index (κ3) is 3.53. The standard InChI is InChI=1S/C24H16F4N4/c25-18-7-9-19(10-8-18)32-14-22-20(16-3-5-17(6-4-16)24(26,27)28)2-1-13-31(22)23(32)21-11-12-29-15-30-21/h1-15,23H. The van der Waals surface area contributed by atoms with Gasteiger partial charge in [0.1, 0.15) is 12.1 Å². The summed E-state index contributed by atoms with van der Waals surface area (Å²) in [6.45, 7) is 0. The van der Waals surface area contributed by atoms with E-state index in [0.717, 1.165) is 29.1 Å². The van der Waals surface area contributed by atoms with Crippen molar-refractivity contribution < 1.29 is 17.6 Å². The van der Waals surface area contributed by atoms with Crippen molar-refractivity contribution in [3.8, 4) is 0 Å². The molecule has 3 aromatic rings.